The van der Waals surface area contributed by atoms with Crippen LogP contribution in [0.3, 0.4) is 0 Å². The zero-order chi connectivity index (χ0) is 31.1. The normalized spacial score (nSPS) is 8.60. The molecule has 2 N–H and O–H groups in total. The van der Waals surface area contributed by atoms with Crippen molar-refractivity contribution in [3.63, 3.8) is 0 Å². The molecule has 11 nitrogen and oxygen atoms in total. The highest BCUT2D eigenvalue weighted by Gasteiger charge is 2.06. The van der Waals surface area contributed by atoms with Crippen LogP contribution in [0.1, 0.15) is 68.3 Å². The first-order chi connectivity index (χ1) is 18.2. The molecule has 0 radical (unpaired) electrons. The molecule has 2 aromatic rings. The van der Waals surface area contributed by atoms with Gasteiger partial charge in [-0.1, -0.05) is 6.08 Å². The van der Waals surface area contributed by atoms with Crippen molar-refractivity contribution < 1.29 is 19.1 Å². The van der Waals surface area contributed by atoms with Crippen LogP contribution in [0, 0.1) is 61.7 Å². The highest BCUT2D eigenvalue weighted by atomic mass is 127. The standard InChI is InChI=1S/2C8H8N2O.C7H9NO2.C3H6O.C2H4O.HI/c2*1-5-3-6(2)10-8(11)7(5)4-9;1-3-6(5-8)7(9)10-4-2;1-3(2)4;1-2-3;/h2*3H,1-2H3,(H,10,11);3H,4H2,1-2H3;1-2H3;2H,1H3;1H/b;;6-3+;;;. The van der Waals surface area contributed by atoms with E-state index in [1.807, 2.05) is 12.1 Å². The number of hydrogen-bond acceptors (Lipinski definition) is 9. The number of carbonyl (C=O) groups excluding carboxylic acids is 3. The number of nitrogens with one attached hydrogen (secondary N) is 2. The number of aryl methyl sites for hydroxylation is 4. The number of ether oxygens (including phenoxy) is 1. The summed E-state index contributed by atoms with van der Waals surface area (Å²) in [6.45, 7) is 15.2. The molecule has 12 heteroatoms. The van der Waals surface area contributed by atoms with E-state index in [0.29, 0.717) is 6.61 Å². The van der Waals surface area contributed by atoms with Crippen molar-refractivity contribution in [1.82, 2.24) is 9.97 Å². The van der Waals surface area contributed by atoms with E-state index in [9.17, 15) is 19.2 Å². The SMILES string of the molecule is C/C=C(\C#N)C(=O)OCC.CC(C)=O.CC=O.Cc1cc(C)c(C#N)c(=O)[nH]1.Cc1cc(C)c(C#N)c(=O)[nH]1.I. The van der Waals surface area contributed by atoms with Gasteiger partial charge in [-0.25, -0.2) is 4.79 Å². The van der Waals surface area contributed by atoms with Gasteiger partial charge in [-0.15, -0.1) is 24.0 Å². The average Bonchev–Trinajstić information content (AvgIpc) is 2.80. The van der Waals surface area contributed by atoms with Crippen molar-refractivity contribution in [3.8, 4) is 18.2 Å². The molecule has 0 aliphatic carbocycles. The van der Waals surface area contributed by atoms with Crippen LogP contribution in [0.5, 0.6) is 0 Å². The van der Waals surface area contributed by atoms with Crippen molar-refractivity contribution in [2.75, 3.05) is 6.61 Å². The van der Waals surface area contributed by atoms with E-state index in [4.69, 9.17) is 20.6 Å². The summed E-state index contributed by atoms with van der Waals surface area (Å²) >= 11 is 0. The molecular weight excluding hydrogens is 629 g/mol. The molecule has 40 heavy (non-hydrogen) atoms. The third-order valence-electron chi connectivity index (χ3n) is 3.86. The number of nitriles is 3. The quantitative estimate of drug-likeness (QED) is 0.155. The summed E-state index contributed by atoms with van der Waals surface area (Å²) in [4.78, 5) is 56.1. The molecule has 0 bridgehead atoms. The van der Waals surface area contributed by atoms with Gasteiger partial charge in [0.25, 0.3) is 11.1 Å². The predicted octanol–water partition coefficient (Wildman–Crippen LogP) is 4.16. The number of carbonyl (C=O) groups is 3. The molecule has 0 fully saturated rings. The largest absolute Gasteiger partial charge is 0.462 e. The van der Waals surface area contributed by atoms with Crippen LogP contribution in [0.25, 0.3) is 0 Å². The fourth-order valence-corrected chi connectivity index (χ4v) is 2.42. The maximum Gasteiger partial charge on any atom is 0.348 e. The lowest BCUT2D eigenvalue weighted by molar-refractivity contribution is -0.138. The summed E-state index contributed by atoms with van der Waals surface area (Å²) in [5, 5.41) is 25.3. The second-order valence-corrected chi connectivity index (χ2v) is 7.58. The molecule has 0 saturated carbocycles. The van der Waals surface area contributed by atoms with Gasteiger partial charge < -0.3 is 24.3 Å². The number of halogens is 1. The summed E-state index contributed by atoms with van der Waals surface area (Å²) in [5.41, 5.74) is 2.89. The van der Waals surface area contributed by atoms with Gasteiger partial charge in [-0.05, 0) is 85.6 Å². The van der Waals surface area contributed by atoms with Crippen LogP contribution in [0.4, 0.5) is 0 Å². The Morgan fingerprint density at radius 1 is 0.875 bits per heavy atom. The Hall–Kier alpha value is -4.35. The molecular formula is C28H36IN5O6. The zero-order valence-corrected chi connectivity index (χ0v) is 26.5. The maximum absolute atomic E-state index is 11.0. The Bertz CT molecular complexity index is 1310. The minimum Gasteiger partial charge on any atom is -0.462 e. The van der Waals surface area contributed by atoms with Crippen molar-refractivity contribution in [2.24, 2.45) is 0 Å². The molecule has 0 aliphatic rings. The molecule has 2 rings (SSSR count). The number of ketones is 1. The monoisotopic (exact) mass is 665 g/mol. The number of aromatic nitrogens is 2. The molecule has 2 aromatic heterocycles. The molecule has 2 heterocycles. The highest BCUT2D eigenvalue weighted by molar-refractivity contribution is 14.0. The summed E-state index contributed by atoms with van der Waals surface area (Å²) in [6, 6.07) is 8.97. The molecule has 0 spiro atoms. The first-order valence-electron chi connectivity index (χ1n) is 11.5. The number of Topliss-reactive ketones (excluding diaryl/α,β-unsaturated/α-hetero) is 1. The smallest absolute Gasteiger partial charge is 0.348 e. The fraction of sp³-hybridized carbons (Fsp3) is 0.357. The van der Waals surface area contributed by atoms with Crippen LogP contribution in [0.15, 0.2) is 33.4 Å². The highest BCUT2D eigenvalue weighted by Crippen LogP contribution is 2.01. The number of H-pyrrole nitrogens is 2. The van der Waals surface area contributed by atoms with Gasteiger partial charge in [-0.3, -0.25) is 9.59 Å². The lowest BCUT2D eigenvalue weighted by atomic mass is 10.1. The number of esters is 1. The van der Waals surface area contributed by atoms with E-state index in [0.717, 1.165) is 28.8 Å². The van der Waals surface area contributed by atoms with E-state index in [-0.39, 0.29) is 57.6 Å². The van der Waals surface area contributed by atoms with E-state index in [1.165, 1.54) is 26.8 Å². The second kappa shape index (κ2) is 25.0. The Kier molecular flexibility index (Phi) is 26.7. The van der Waals surface area contributed by atoms with Crippen molar-refractivity contribution in [1.29, 1.82) is 15.8 Å². The minimum atomic E-state index is -0.549. The van der Waals surface area contributed by atoms with Crippen molar-refractivity contribution in [2.45, 2.75) is 62.3 Å². The number of rotatable bonds is 2. The Morgan fingerprint density at radius 2 is 1.20 bits per heavy atom. The zero-order valence-electron chi connectivity index (χ0n) is 24.2. The van der Waals surface area contributed by atoms with Gasteiger partial charge >= 0.3 is 5.97 Å². The molecule has 0 atom stereocenters. The summed E-state index contributed by atoms with van der Waals surface area (Å²) in [7, 11) is 0. The van der Waals surface area contributed by atoms with E-state index >= 15 is 0 Å². The van der Waals surface area contributed by atoms with Crippen LogP contribution in [-0.4, -0.2) is 34.6 Å². The van der Waals surface area contributed by atoms with Crippen LogP contribution >= 0.6 is 24.0 Å². The molecule has 0 saturated heterocycles. The van der Waals surface area contributed by atoms with E-state index in [1.54, 1.807) is 59.7 Å². The second-order valence-electron chi connectivity index (χ2n) is 7.58. The van der Waals surface area contributed by atoms with E-state index < -0.39 is 5.97 Å². The number of nitrogens with zero attached hydrogens (tertiary/aromatic N) is 3. The Labute approximate surface area is 251 Å². The van der Waals surface area contributed by atoms with Gasteiger partial charge in [0.15, 0.2) is 0 Å². The molecule has 0 amide bonds. The predicted molar refractivity (Wildman–Crippen MR) is 162 cm³/mol. The summed E-state index contributed by atoms with van der Waals surface area (Å²) < 4.78 is 4.56. The Balaban J connectivity index is -0.000000215. The van der Waals surface area contributed by atoms with Gasteiger partial charge in [0.1, 0.15) is 47.0 Å². The average molecular weight is 666 g/mol. The third kappa shape index (κ3) is 19.7. The van der Waals surface area contributed by atoms with Crippen LogP contribution in [0.2, 0.25) is 0 Å². The van der Waals surface area contributed by atoms with E-state index in [2.05, 4.69) is 14.7 Å². The maximum atomic E-state index is 11.0. The topological polar surface area (TPSA) is 198 Å². The van der Waals surface area contributed by atoms with Crippen molar-refractivity contribution in [3.05, 3.63) is 78.1 Å². The molecule has 0 unspecified atom stereocenters. The first-order valence-corrected chi connectivity index (χ1v) is 11.5. The van der Waals surface area contributed by atoms with Gasteiger partial charge in [0.2, 0.25) is 0 Å². The third-order valence-corrected chi connectivity index (χ3v) is 3.86. The van der Waals surface area contributed by atoms with Gasteiger partial charge in [-0.2, -0.15) is 15.8 Å². The summed E-state index contributed by atoms with van der Waals surface area (Å²) in [5.74, 6) is -0.382. The lowest BCUT2D eigenvalue weighted by Gasteiger charge is -1.96. The Morgan fingerprint density at radius 3 is 1.40 bits per heavy atom. The number of hydrogen-bond donors (Lipinski definition) is 2. The molecule has 0 aromatic carbocycles. The molecule has 216 valence electrons. The van der Waals surface area contributed by atoms with Crippen molar-refractivity contribution >= 4 is 42.0 Å². The number of aromatic amines is 2. The fourth-order valence-electron chi connectivity index (χ4n) is 2.42. The number of allylic oxidation sites excluding steroid dienone is 1. The minimum absolute atomic E-state index is 0. The van der Waals surface area contributed by atoms with Gasteiger partial charge in [0.05, 0.1) is 6.61 Å². The van der Waals surface area contributed by atoms with Gasteiger partial charge in [0, 0.05) is 11.4 Å². The first kappa shape index (κ1) is 42.7. The summed E-state index contributed by atoms with van der Waals surface area (Å²) in [6.07, 6.45) is 2.18. The number of pyridine rings is 2. The van der Waals surface area contributed by atoms with Crippen LogP contribution < -0.4 is 11.1 Å². The number of aldehydes is 1. The van der Waals surface area contributed by atoms with Crippen LogP contribution in [-0.2, 0) is 19.1 Å². The lowest BCUT2D eigenvalue weighted by Crippen LogP contribution is -2.12. The molecule has 0 aliphatic heterocycles.